The highest BCUT2D eigenvalue weighted by molar-refractivity contribution is 5.74. The number of methoxy groups -OCH3 is 1. The van der Waals surface area contributed by atoms with Crippen LogP contribution in [0.25, 0.3) is 0 Å². The van der Waals surface area contributed by atoms with Gasteiger partial charge in [0, 0.05) is 25.8 Å². The maximum Gasteiger partial charge on any atom is 0.243 e. The summed E-state index contributed by atoms with van der Waals surface area (Å²) < 4.78 is 24.2. The molecule has 0 radical (unpaired) electrons. The third-order valence-corrected chi connectivity index (χ3v) is 3.41. The van der Waals surface area contributed by atoms with Gasteiger partial charge in [0.25, 0.3) is 0 Å². The van der Waals surface area contributed by atoms with Gasteiger partial charge in [-0.25, -0.2) is 14.9 Å². The van der Waals surface area contributed by atoms with Crippen molar-refractivity contribution >= 4 is 23.4 Å². The molecular formula is C17H22FN5O4. The van der Waals surface area contributed by atoms with Crippen LogP contribution in [0, 0.1) is 5.82 Å². The topological polar surface area (TPSA) is 118 Å². The summed E-state index contributed by atoms with van der Waals surface area (Å²) in [5.41, 5.74) is 2.25. The second-order valence-electron chi connectivity index (χ2n) is 5.45. The van der Waals surface area contributed by atoms with E-state index in [1.165, 1.54) is 5.48 Å². The molecule has 0 unspecified atom stereocenters. The number of anilines is 3. The van der Waals surface area contributed by atoms with Crippen molar-refractivity contribution in [2.45, 2.75) is 12.8 Å². The van der Waals surface area contributed by atoms with Crippen molar-refractivity contribution in [3.63, 3.8) is 0 Å². The Kier molecular flexibility index (Phi) is 8.20. The van der Waals surface area contributed by atoms with Crippen LogP contribution in [-0.4, -0.2) is 48.0 Å². The maximum atomic E-state index is 13.8. The predicted octanol–water partition coefficient (Wildman–Crippen LogP) is 2.08. The van der Waals surface area contributed by atoms with Gasteiger partial charge in [0.05, 0.1) is 12.8 Å². The van der Waals surface area contributed by atoms with E-state index in [9.17, 15) is 9.18 Å². The van der Waals surface area contributed by atoms with Gasteiger partial charge in [-0.05, 0) is 30.7 Å². The van der Waals surface area contributed by atoms with Crippen LogP contribution in [0.2, 0.25) is 0 Å². The van der Waals surface area contributed by atoms with Gasteiger partial charge in [-0.1, -0.05) is 0 Å². The van der Waals surface area contributed by atoms with Gasteiger partial charge in [0.15, 0.2) is 11.6 Å². The van der Waals surface area contributed by atoms with Crippen LogP contribution < -0.4 is 20.9 Å². The highest BCUT2D eigenvalue weighted by Crippen LogP contribution is 2.19. The number of hydroxylamine groups is 1. The lowest BCUT2D eigenvalue weighted by Crippen LogP contribution is -2.19. The molecule has 0 bridgehead atoms. The number of ether oxygens (including phenoxy) is 2. The number of halogens is 1. The molecule has 0 spiro atoms. The van der Waals surface area contributed by atoms with Crippen molar-refractivity contribution in [2.75, 3.05) is 37.5 Å². The van der Waals surface area contributed by atoms with Crippen LogP contribution in [0.4, 0.5) is 21.8 Å². The van der Waals surface area contributed by atoms with E-state index >= 15 is 0 Å². The first-order valence-electron chi connectivity index (χ1n) is 8.30. The summed E-state index contributed by atoms with van der Waals surface area (Å²) in [6, 6.07) is 7.14. The zero-order valence-electron chi connectivity index (χ0n) is 14.9. The van der Waals surface area contributed by atoms with Crippen LogP contribution in [0.3, 0.4) is 0 Å². The molecule has 1 heterocycles. The van der Waals surface area contributed by atoms with E-state index in [4.69, 9.17) is 14.7 Å². The van der Waals surface area contributed by atoms with Crippen molar-refractivity contribution < 1.29 is 23.9 Å². The third-order valence-electron chi connectivity index (χ3n) is 3.41. The number of hydrogen-bond donors (Lipinski definition) is 4. The van der Waals surface area contributed by atoms with Gasteiger partial charge >= 0.3 is 0 Å². The molecule has 9 nitrogen and oxygen atoms in total. The molecule has 0 atom stereocenters. The molecule has 4 N–H and O–H groups in total. The van der Waals surface area contributed by atoms with Crippen LogP contribution in [0.1, 0.15) is 12.8 Å². The van der Waals surface area contributed by atoms with Crippen molar-refractivity contribution in [3.8, 4) is 5.75 Å². The van der Waals surface area contributed by atoms with Crippen LogP contribution in [0.5, 0.6) is 5.75 Å². The Hall–Kier alpha value is -2.98. The first-order valence-corrected chi connectivity index (χ1v) is 8.30. The summed E-state index contributed by atoms with van der Waals surface area (Å²) in [4.78, 5) is 18.9. The highest BCUT2D eigenvalue weighted by Gasteiger charge is 2.08. The summed E-state index contributed by atoms with van der Waals surface area (Å²) in [6.45, 7) is 1.28. The Labute approximate surface area is 155 Å². The summed E-state index contributed by atoms with van der Waals surface area (Å²) in [5, 5.41) is 14.2. The number of rotatable bonds is 11. The standard InChI is InChI=1S/C17H22FN5O4/c1-26-9-10-27-13-6-4-12(5-7-13)21-17-20-11-14(18)16(22-17)19-8-2-3-15(24)23-25/h4-7,11,25H,2-3,8-10H2,1H3,(H,23,24)(H2,19,20,21,22). The summed E-state index contributed by atoms with van der Waals surface area (Å²) in [7, 11) is 1.61. The lowest BCUT2D eigenvalue weighted by Gasteiger charge is -2.10. The largest absolute Gasteiger partial charge is 0.491 e. The summed E-state index contributed by atoms with van der Waals surface area (Å²) in [5.74, 6) is -0.158. The second kappa shape index (κ2) is 10.9. The Morgan fingerprint density at radius 1 is 1.26 bits per heavy atom. The smallest absolute Gasteiger partial charge is 0.243 e. The van der Waals surface area contributed by atoms with Gasteiger partial charge < -0.3 is 20.1 Å². The van der Waals surface area contributed by atoms with Crippen molar-refractivity contribution in [3.05, 3.63) is 36.3 Å². The van der Waals surface area contributed by atoms with E-state index in [2.05, 4.69) is 20.6 Å². The lowest BCUT2D eigenvalue weighted by molar-refractivity contribution is -0.129. The fraction of sp³-hybridized carbons (Fsp3) is 0.353. The summed E-state index contributed by atoms with van der Waals surface area (Å²) in [6.07, 6.45) is 1.57. The zero-order chi connectivity index (χ0) is 19.5. The number of nitrogens with one attached hydrogen (secondary N) is 3. The highest BCUT2D eigenvalue weighted by atomic mass is 19.1. The van der Waals surface area contributed by atoms with Crippen LogP contribution in [-0.2, 0) is 9.53 Å². The molecule has 1 aromatic heterocycles. The van der Waals surface area contributed by atoms with E-state index < -0.39 is 11.7 Å². The van der Waals surface area contributed by atoms with E-state index in [-0.39, 0.29) is 18.2 Å². The molecule has 10 heteroatoms. The minimum Gasteiger partial charge on any atom is -0.491 e. The minimum atomic E-state index is -0.603. The Bertz CT molecular complexity index is 730. The molecule has 1 amide bonds. The molecule has 0 aliphatic heterocycles. The Morgan fingerprint density at radius 3 is 2.74 bits per heavy atom. The second-order valence-corrected chi connectivity index (χ2v) is 5.45. The molecule has 1 aromatic carbocycles. The average Bonchev–Trinajstić information content (AvgIpc) is 2.68. The molecular weight excluding hydrogens is 357 g/mol. The first kappa shape index (κ1) is 20.3. The van der Waals surface area contributed by atoms with Gasteiger partial charge in [-0.2, -0.15) is 4.98 Å². The number of amides is 1. The quantitative estimate of drug-likeness (QED) is 0.266. The molecule has 2 aromatic rings. The van der Waals surface area contributed by atoms with Gasteiger partial charge in [0.2, 0.25) is 11.9 Å². The van der Waals surface area contributed by atoms with E-state index in [1.807, 2.05) is 0 Å². The fourth-order valence-electron chi connectivity index (χ4n) is 2.07. The number of aromatic nitrogens is 2. The summed E-state index contributed by atoms with van der Waals surface area (Å²) >= 11 is 0. The first-order chi connectivity index (χ1) is 13.1. The molecule has 0 saturated heterocycles. The minimum absolute atomic E-state index is 0.0245. The van der Waals surface area contributed by atoms with Crippen molar-refractivity contribution in [2.24, 2.45) is 0 Å². The van der Waals surface area contributed by atoms with E-state index in [1.54, 1.807) is 31.4 Å². The molecule has 27 heavy (non-hydrogen) atoms. The van der Waals surface area contributed by atoms with Gasteiger partial charge in [-0.15, -0.1) is 0 Å². The lowest BCUT2D eigenvalue weighted by atomic mass is 10.3. The van der Waals surface area contributed by atoms with Crippen LogP contribution >= 0.6 is 0 Å². The molecule has 0 aliphatic carbocycles. The maximum absolute atomic E-state index is 13.8. The van der Waals surface area contributed by atoms with Crippen molar-refractivity contribution in [1.29, 1.82) is 0 Å². The number of carbonyl (C=O) groups excluding carboxylic acids is 1. The monoisotopic (exact) mass is 379 g/mol. The molecule has 2 rings (SSSR count). The Morgan fingerprint density at radius 2 is 2.04 bits per heavy atom. The third kappa shape index (κ3) is 7.04. The van der Waals surface area contributed by atoms with Gasteiger partial charge in [0.1, 0.15) is 12.4 Å². The SMILES string of the molecule is COCCOc1ccc(Nc2ncc(F)c(NCCCC(=O)NO)n2)cc1. The van der Waals surface area contributed by atoms with Crippen LogP contribution in [0.15, 0.2) is 30.5 Å². The molecule has 146 valence electrons. The zero-order valence-corrected chi connectivity index (χ0v) is 14.9. The number of benzene rings is 1. The Balaban J connectivity index is 1.90. The van der Waals surface area contributed by atoms with E-state index in [0.29, 0.717) is 37.6 Å². The fourth-order valence-corrected chi connectivity index (χ4v) is 2.07. The predicted molar refractivity (Wildman–Crippen MR) is 96.7 cm³/mol. The van der Waals surface area contributed by atoms with Gasteiger partial charge in [-0.3, -0.25) is 10.0 Å². The molecule has 0 saturated carbocycles. The molecule has 0 fully saturated rings. The van der Waals surface area contributed by atoms with Crippen molar-refractivity contribution in [1.82, 2.24) is 15.4 Å². The number of hydrogen-bond acceptors (Lipinski definition) is 8. The van der Waals surface area contributed by atoms with E-state index in [0.717, 1.165) is 6.20 Å². The average molecular weight is 379 g/mol. The normalized spacial score (nSPS) is 10.3. The number of carbonyl (C=O) groups is 1. The number of nitrogens with zero attached hydrogens (tertiary/aromatic N) is 2. The molecule has 0 aliphatic rings.